The van der Waals surface area contributed by atoms with Crippen molar-refractivity contribution in [2.24, 2.45) is 5.92 Å². The molecular weight excluding hydrogens is 354 g/mol. The molecule has 2 fully saturated rings. The number of nitrogens with zero attached hydrogens (tertiary/aromatic N) is 2. The molecule has 3 aliphatic heterocycles. The molecule has 10 heteroatoms. The summed E-state index contributed by atoms with van der Waals surface area (Å²) in [6, 6.07) is 0. The molecule has 0 aromatic rings. The van der Waals surface area contributed by atoms with Crippen LogP contribution in [0.25, 0.3) is 0 Å². The molecule has 3 heterocycles. The zero-order valence-electron chi connectivity index (χ0n) is 13.3. The number of nitrogens with one attached hydrogen (secondary N) is 1. The number of ether oxygens (including phenoxy) is 1. The number of aliphatic hydroxyl groups excluding tert-OH is 1. The second-order valence-corrected chi connectivity index (χ2v) is 8.70. The number of thioether (sulfide) groups is 2. The number of fused-ring (bicyclic) bond motifs is 1. The van der Waals surface area contributed by atoms with Crippen molar-refractivity contribution in [3.63, 3.8) is 0 Å². The maximum atomic E-state index is 12.2. The van der Waals surface area contributed by atoms with Gasteiger partial charge in [0, 0.05) is 18.3 Å². The van der Waals surface area contributed by atoms with Crippen LogP contribution in [0, 0.1) is 11.3 Å². The lowest BCUT2D eigenvalue weighted by Crippen LogP contribution is -2.60. The molecule has 3 aliphatic rings. The lowest BCUT2D eigenvalue weighted by molar-refractivity contribution is -0.155. The van der Waals surface area contributed by atoms with Crippen molar-refractivity contribution >= 4 is 41.4 Å². The third-order valence-electron chi connectivity index (χ3n) is 4.30. The van der Waals surface area contributed by atoms with Gasteiger partial charge in [0.2, 0.25) is 11.8 Å². The minimum atomic E-state index is -1.46. The second kappa shape index (κ2) is 6.49. The van der Waals surface area contributed by atoms with Crippen LogP contribution in [-0.2, 0) is 9.53 Å². The Balaban J connectivity index is 1.75. The standard InChI is InChI=1S/C14H19N3O5S2/c1-6(18)9-10(19)17-11(22-14(20)21)13(24-12(9)17)23-8-3-4-16(5-8)7(2)15/h6,8-9,12,15,18H,3-5H2,1-2H3,(H,20,21)/t6-,8+,9+,12-/m1/s1. The molecule has 0 spiro atoms. The van der Waals surface area contributed by atoms with Gasteiger partial charge in [-0.15, -0.1) is 11.8 Å². The monoisotopic (exact) mass is 373 g/mol. The topological polar surface area (TPSA) is 114 Å². The molecule has 8 nitrogen and oxygen atoms in total. The summed E-state index contributed by atoms with van der Waals surface area (Å²) in [5.41, 5.74) is 0. The molecule has 0 aliphatic carbocycles. The summed E-state index contributed by atoms with van der Waals surface area (Å²) in [7, 11) is 0. The molecule has 0 radical (unpaired) electrons. The molecule has 0 aromatic heterocycles. The summed E-state index contributed by atoms with van der Waals surface area (Å²) in [5.74, 6) is -0.266. The number of rotatable bonds is 4. The van der Waals surface area contributed by atoms with Crippen LogP contribution >= 0.6 is 23.5 Å². The Labute approximate surface area is 147 Å². The zero-order valence-corrected chi connectivity index (χ0v) is 14.9. The maximum absolute atomic E-state index is 12.2. The van der Waals surface area contributed by atoms with Crippen LogP contribution in [0.1, 0.15) is 20.3 Å². The fourth-order valence-corrected chi connectivity index (χ4v) is 6.27. The van der Waals surface area contributed by atoms with Gasteiger partial charge in [-0.3, -0.25) is 15.1 Å². The Bertz CT molecular complexity index is 624. The molecule has 24 heavy (non-hydrogen) atoms. The van der Waals surface area contributed by atoms with E-state index < -0.39 is 18.2 Å². The van der Waals surface area contributed by atoms with Gasteiger partial charge in [0.15, 0.2) is 0 Å². The first-order valence-corrected chi connectivity index (χ1v) is 9.35. The average Bonchev–Trinajstić information content (AvgIpc) is 3.02. The van der Waals surface area contributed by atoms with Gasteiger partial charge in [0.05, 0.1) is 17.9 Å². The highest BCUT2D eigenvalue weighted by atomic mass is 32.2. The third kappa shape index (κ3) is 2.98. The van der Waals surface area contributed by atoms with Crippen LogP contribution < -0.4 is 0 Å². The van der Waals surface area contributed by atoms with Crippen molar-refractivity contribution in [3.8, 4) is 0 Å². The number of hydrogen-bond acceptors (Lipinski definition) is 7. The Hall–Kier alpha value is -1.39. The molecule has 3 N–H and O–H groups in total. The Morgan fingerprint density at radius 1 is 1.54 bits per heavy atom. The van der Waals surface area contributed by atoms with Gasteiger partial charge in [0.1, 0.15) is 9.61 Å². The number of carboxylic acid groups (broad SMARTS) is 1. The lowest BCUT2D eigenvalue weighted by atomic mass is 9.93. The van der Waals surface area contributed by atoms with Gasteiger partial charge in [-0.2, -0.15) is 0 Å². The third-order valence-corrected chi connectivity index (χ3v) is 7.12. The van der Waals surface area contributed by atoms with Crippen molar-refractivity contribution in [3.05, 3.63) is 10.1 Å². The number of hydrogen-bond donors (Lipinski definition) is 3. The van der Waals surface area contributed by atoms with Gasteiger partial charge >= 0.3 is 6.16 Å². The molecular formula is C14H19N3O5S2. The van der Waals surface area contributed by atoms with Crippen LogP contribution in [0.5, 0.6) is 0 Å². The van der Waals surface area contributed by atoms with Gasteiger partial charge < -0.3 is 19.8 Å². The Morgan fingerprint density at radius 3 is 2.79 bits per heavy atom. The van der Waals surface area contributed by atoms with Gasteiger partial charge in [-0.25, -0.2) is 4.79 Å². The van der Waals surface area contributed by atoms with Gasteiger partial charge in [-0.1, -0.05) is 11.8 Å². The predicted octanol–water partition coefficient (Wildman–Crippen LogP) is 1.52. The number of amidine groups is 1. The molecule has 0 unspecified atom stereocenters. The first-order valence-electron chi connectivity index (χ1n) is 7.59. The fourth-order valence-electron chi connectivity index (χ4n) is 3.06. The zero-order chi connectivity index (χ0) is 17.6. The van der Waals surface area contributed by atoms with Crippen molar-refractivity contribution in [1.29, 1.82) is 5.41 Å². The van der Waals surface area contributed by atoms with E-state index in [1.807, 2.05) is 4.90 Å². The smallest absolute Gasteiger partial charge is 0.449 e. The number of carbonyl (C=O) groups is 2. The molecule has 0 bridgehead atoms. The molecule has 3 rings (SSSR count). The summed E-state index contributed by atoms with van der Waals surface area (Å²) < 4.78 is 5.52. The van der Waals surface area contributed by atoms with Crippen LogP contribution in [0.15, 0.2) is 10.1 Å². The number of β-lactam (4-membered cyclic amide) rings is 1. The van der Waals surface area contributed by atoms with Crippen LogP contribution in [0.3, 0.4) is 0 Å². The normalized spacial score (nSPS) is 30.3. The molecule has 132 valence electrons. The van der Waals surface area contributed by atoms with Crippen LogP contribution in [0.4, 0.5) is 4.79 Å². The number of likely N-dealkylation sites (tertiary alicyclic amines) is 1. The van der Waals surface area contributed by atoms with E-state index >= 15 is 0 Å². The number of aliphatic hydroxyl groups is 1. The lowest BCUT2D eigenvalue weighted by Gasteiger charge is -2.43. The highest BCUT2D eigenvalue weighted by Gasteiger charge is 2.58. The summed E-state index contributed by atoms with van der Waals surface area (Å²) in [6.07, 6.45) is -1.37. The molecule has 2 saturated heterocycles. The van der Waals surface area contributed by atoms with E-state index in [-0.39, 0.29) is 22.4 Å². The molecule has 0 saturated carbocycles. The van der Waals surface area contributed by atoms with Crippen molar-refractivity contribution < 1.29 is 24.5 Å². The first kappa shape index (κ1) is 17.4. The quantitative estimate of drug-likeness (QED) is 0.294. The van der Waals surface area contributed by atoms with E-state index in [9.17, 15) is 14.7 Å². The van der Waals surface area contributed by atoms with Gasteiger partial charge in [0.25, 0.3) is 0 Å². The first-order chi connectivity index (χ1) is 11.3. The summed E-state index contributed by atoms with van der Waals surface area (Å²) in [4.78, 5) is 26.5. The molecule has 1 amide bonds. The van der Waals surface area contributed by atoms with E-state index in [0.29, 0.717) is 16.6 Å². The van der Waals surface area contributed by atoms with Crippen molar-refractivity contribution in [2.45, 2.75) is 37.0 Å². The van der Waals surface area contributed by atoms with E-state index in [4.69, 9.17) is 15.3 Å². The molecule has 0 aromatic carbocycles. The minimum absolute atomic E-state index is 0.0643. The fraction of sp³-hybridized carbons (Fsp3) is 0.643. The highest BCUT2D eigenvalue weighted by molar-refractivity contribution is 8.23. The number of carbonyl (C=O) groups excluding carboxylic acids is 1. The minimum Gasteiger partial charge on any atom is -0.449 e. The maximum Gasteiger partial charge on any atom is 0.512 e. The Kier molecular flexibility index (Phi) is 4.71. The average molecular weight is 373 g/mol. The SMILES string of the molecule is CC(=N)N1CC[C@H](SC2=C(OC(=O)O)N3C(=O)[C@H]([C@@H](C)O)[C@H]3S2)C1. The number of amides is 1. The predicted molar refractivity (Wildman–Crippen MR) is 90.5 cm³/mol. The summed E-state index contributed by atoms with van der Waals surface area (Å²) in [5, 5.41) is 26.3. The van der Waals surface area contributed by atoms with Crippen molar-refractivity contribution in [1.82, 2.24) is 9.80 Å². The summed E-state index contributed by atoms with van der Waals surface area (Å²) >= 11 is 2.86. The van der Waals surface area contributed by atoms with E-state index in [0.717, 1.165) is 13.0 Å². The Morgan fingerprint density at radius 2 is 2.25 bits per heavy atom. The van der Waals surface area contributed by atoms with E-state index in [2.05, 4.69) is 0 Å². The summed E-state index contributed by atoms with van der Waals surface area (Å²) in [6.45, 7) is 4.81. The largest absolute Gasteiger partial charge is 0.512 e. The molecule has 4 atom stereocenters. The van der Waals surface area contributed by atoms with Crippen molar-refractivity contribution in [2.75, 3.05) is 13.1 Å². The van der Waals surface area contributed by atoms with Crippen LogP contribution in [-0.4, -0.2) is 67.7 Å². The highest BCUT2D eigenvalue weighted by Crippen LogP contribution is 2.55. The van der Waals surface area contributed by atoms with E-state index in [1.54, 1.807) is 13.8 Å². The van der Waals surface area contributed by atoms with Crippen LogP contribution in [0.2, 0.25) is 0 Å². The second-order valence-electron chi connectivity index (χ2n) is 6.00. The van der Waals surface area contributed by atoms with Gasteiger partial charge in [-0.05, 0) is 20.3 Å². The van der Waals surface area contributed by atoms with E-state index in [1.165, 1.54) is 28.4 Å².